The summed E-state index contributed by atoms with van der Waals surface area (Å²) in [7, 11) is 0. The SMILES string of the molecule is C#CCOCCCCCCNCC(O)c1ccc(O)c(CO)c1. The number of rotatable bonds is 12. The number of aromatic hydroxyl groups is 1. The number of phenols is 1. The van der Waals surface area contributed by atoms with Crippen LogP contribution in [0.3, 0.4) is 0 Å². The molecule has 0 saturated carbocycles. The van der Waals surface area contributed by atoms with Gasteiger partial charge in [0.05, 0.1) is 12.7 Å². The second kappa shape index (κ2) is 11.9. The van der Waals surface area contributed by atoms with Gasteiger partial charge in [0.15, 0.2) is 0 Å². The second-order valence-corrected chi connectivity index (χ2v) is 5.44. The Morgan fingerprint density at radius 1 is 1.22 bits per heavy atom. The molecule has 0 fully saturated rings. The molecule has 0 aromatic heterocycles. The molecule has 0 bridgehead atoms. The number of aliphatic hydroxyl groups excluding tert-OH is 2. The lowest BCUT2D eigenvalue weighted by Crippen LogP contribution is -2.22. The monoisotopic (exact) mass is 321 g/mol. The first-order chi connectivity index (χ1) is 11.2. The molecule has 1 aromatic rings. The molecule has 0 spiro atoms. The van der Waals surface area contributed by atoms with Crippen LogP contribution in [0.2, 0.25) is 0 Å². The molecule has 128 valence electrons. The van der Waals surface area contributed by atoms with Gasteiger partial charge in [-0.1, -0.05) is 24.8 Å². The van der Waals surface area contributed by atoms with Gasteiger partial charge < -0.3 is 25.4 Å². The number of terminal acetylenes is 1. The molecule has 0 aliphatic rings. The van der Waals surface area contributed by atoms with Gasteiger partial charge in [-0.2, -0.15) is 0 Å². The zero-order chi connectivity index (χ0) is 16.9. The smallest absolute Gasteiger partial charge is 0.121 e. The lowest BCUT2D eigenvalue weighted by atomic mass is 10.1. The standard InChI is InChI=1S/C18H27NO4/c1-2-10-23-11-6-4-3-5-9-19-13-18(22)15-7-8-17(21)16(12-15)14-20/h1,7-8,12,18-22H,3-6,9-11,13-14H2. The minimum Gasteiger partial charge on any atom is -0.508 e. The third-order valence-corrected chi connectivity index (χ3v) is 3.57. The number of ether oxygens (including phenoxy) is 1. The first-order valence-corrected chi connectivity index (χ1v) is 8.01. The van der Waals surface area contributed by atoms with Crippen LogP contribution in [0.4, 0.5) is 0 Å². The van der Waals surface area contributed by atoms with Crippen LogP contribution in [0.25, 0.3) is 0 Å². The average molecular weight is 321 g/mol. The molecule has 0 aliphatic heterocycles. The third kappa shape index (κ3) is 8.00. The number of unbranched alkanes of at least 4 members (excludes halogenated alkanes) is 3. The molecule has 0 radical (unpaired) electrons. The van der Waals surface area contributed by atoms with Crippen molar-refractivity contribution >= 4 is 0 Å². The summed E-state index contributed by atoms with van der Waals surface area (Å²) < 4.78 is 5.20. The quantitative estimate of drug-likeness (QED) is 0.348. The van der Waals surface area contributed by atoms with Crippen LogP contribution < -0.4 is 5.32 Å². The maximum atomic E-state index is 10.1. The fraction of sp³-hybridized carbons (Fsp3) is 0.556. The number of hydrogen-bond acceptors (Lipinski definition) is 5. The largest absolute Gasteiger partial charge is 0.508 e. The summed E-state index contributed by atoms with van der Waals surface area (Å²) in [5, 5.41) is 31.9. The van der Waals surface area contributed by atoms with Gasteiger partial charge in [-0.05, 0) is 37.1 Å². The molecular formula is C18H27NO4. The van der Waals surface area contributed by atoms with E-state index < -0.39 is 6.10 Å². The van der Waals surface area contributed by atoms with Crippen molar-refractivity contribution in [3.63, 3.8) is 0 Å². The van der Waals surface area contributed by atoms with Crippen molar-refractivity contribution in [2.24, 2.45) is 0 Å². The second-order valence-electron chi connectivity index (χ2n) is 5.44. The van der Waals surface area contributed by atoms with Crippen molar-refractivity contribution in [1.82, 2.24) is 5.32 Å². The molecule has 1 atom stereocenters. The van der Waals surface area contributed by atoms with E-state index in [1.807, 2.05) is 0 Å². The van der Waals surface area contributed by atoms with Crippen molar-refractivity contribution in [3.05, 3.63) is 29.3 Å². The summed E-state index contributed by atoms with van der Waals surface area (Å²) in [5.74, 6) is 2.48. The Morgan fingerprint density at radius 2 is 2.00 bits per heavy atom. The Kier molecular flexibility index (Phi) is 10.1. The third-order valence-electron chi connectivity index (χ3n) is 3.57. The maximum Gasteiger partial charge on any atom is 0.121 e. The van der Waals surface area contributed by atoms with E-state index in [4.69, 9.17) is 16.3 Å². The summed E-state index contributed by atoms with van der Waals surface area (Å²) in [6.07, 6.45) is 8.70. The number of benzene rings is 1. The number of nitrogens with one attached hydrogen (secondary N) is 1. The van der Waals surface area contributed by atoms with Crippen LogP contribution in [-0.2, 0) is 11.3 Å². The van der Waals surface area contributed by atoms with Crippen molar-refractivity contribution < 1.29 is 20.1 Å². The van der Waals surface area contributed by atoms with E-state index in [2.05, 4.69) is 11.2 Å². The van der Waals surface area contributed by atoms with Gasteiger partial charge in [0.25, 0.3) is 0 Å². The Hall–Kier alpha value is -1.58. The van der Waals surface area contributed by atoms with Crippen LogP contribution in [-0.4, -0.2) is 41.6 Å². The fourth-order valence-electron chi connectivity index (χ4n) is 2.23. The number of hydrogen-bond donors (Lipinski definition) is 4. The summed E-state index contributed by atoms with van der Waals surface area (Å²) >= 11 is 0. The molecule has 1 aromatic carbocycles. The zero-order valence-electron chi connectivity index (χ0n) is 13.5. The van der Waals surface area contributed by atoms with E-state index in [0.717, 1.165) is 32.2 Å². The van der Waals surface area contributed by atoms with Crippen LogP contribution in [0, 0.1) is 12.3 Å². The molecular weight excluding hydrogens is 294 g/mol. The first kappa shape index (κ1) is 19.5. The lowest BCUT2D eigenvalue weighted by Gasteiger charge is -2.14. The predicted molar refractivity (Wildman–Crippen MR) is 90.0 cm³/mol. The molecule has 5 nitrogen and oxygen atoms in total. The molecule has 0 heterocycles. The van der Waals surface area contributed by atoms with Crippen LogP contribution in [0.1, 0.15) is 42.9 Å². The maximum absolute atomic E-state index is 10.1. The molecule has 5 heteroatoms. The Balaban J connectivity index is 2.10. The topological polar surface area (TPSA) is 82.0 Å². The highest BCUT2D eigenvalue weighted by atomic mass is 16.5. The van der Waals surface area contributed by atoms with E-state index >= 15 is 0 Å². The molecule has 1 rings (SSSR count). The lowest BCUT2D eigenvalue weighted by molar-refractivity contribution is 0.161. The van der Waals surface area contributed by atoms with Gasteiger partial charge in [-0.25, -0.2) is 0 Å². The van der Waals surface area contributed by atoms with Gasteiger partial charge in [0.1, 0.15) is 12.4 Å². The van der Waals surface area contributed by atoms with Gasteiger partial charge in [0.2, 0.25) is 0 Å². The minimum atomic E-state index is -0.655. The fourth-order valence-corrected chi connectivity index (χ4v) is 2.23. The van der Waals surface area contributed by atoms with Gasteiger partial charge in [-0.15, -0.1) is 6.42 Å². The van der Waals surface area contributed by atoms with E-state index in [1.54, 1.807) is 12.1 Å². The van der Waals surface area contributed by atoms with E-state index in [0.29, 0.717) is 30.9 Å². The van der Waals surface area contributed by atoms with E-state index in [9.17, 15) is 10.2 Å². The summed E-state index contributed by atoms with van der Waals surface area (Å²) in [6.45, 7) is 2.14. The molecule has 23 heavy (non-hydrogen) atoms. The number of aliphatic hydroxyl groups is 2. The van der Waals surface area contributed by atoms with Crippen molar-refractivity contribution in [2.75, 3.05) is 26.3 Å². The van der Waals surface area contributed by atoms with E-state index in [1.165, 1.54) is 6.07 Å². The molecule has 0 saturated heterocycles. The van der Waals surface area contributed by atoms with Crippen LogP contribution >= 0.6 is 0 Å². The Bertz CT molecular complexity index is 484. The molecule has 1 unspecified atom stereocenters. The van der Waals surface area contributed by atoms with Crippen LogP contribution in [0.15, 0.2) is 18.2 Å². The molecule has 0 aliphatic carbocycles. The van der Waals surface area contributed by atoms with Crippen molar-refractivity contribution in [3.8, 4) is 18.1 Å². The normalized spacial score (nSPS) is 12.0. The Labute approximate surface area is 138 Å². The van der Waals surface area contributed by atoms with Crippen LogP contribution in [0.5, 0.6) is 5.75 Å². The predicted octanol–water partition coefficient (Wildman–Crippen LogP) is 1.72. The van der Waals surface area contributed by atoms with Crippen molar-refractivity contribution in [1.29, 1.82) is 0 Å². The minimum absolute atomic E-state index is 0.0441. The summed E-state index contributed by atoms with van der Waals surface area (Å²) in [4.78, 5) is 0. The average Bonchev–Trinajstić information content (AvgIpc) is 2.56. The summed E-state index contributed by atoms with van der Waals surface area (Å²) in [6, 6.07) is 4.78. The van der Waals surface area contributed by atoms with Crippen molar-refractivity contribution in [2.45, 2.75) is 38.4 Å². The Morgan fingerprint density at radius 3 is 2.74 bits per heavy atom. The first-order valence-electron chi connectivity index (χ1n) is 8.01. The highest BCUT2D eigenvalue weighted by Gasteiger charge is 2.09. The molecule has 4 N–H and O–H groups in total. The van der Waals surface area contributed by atoms with Gasteiger partial charge in [-0.3, -0.25) is 0 Å². The summed E-state index contributed by atoms with van der Waals surface area (Å²) in [5.41, 5.74) is 1.11. The molecule has 0 amide bonds. The highest BCUT2D eigenvalue weighted by molar-refractivity contribution is 5.36. The van der Waals surface area contributed by atoms with Gasteiger partial charge in [0, 0.05) is 18.7 Å². The van der Waals surface area contributed by atoms with Gasteiger partial charge >= 0.3 is 0 Å². The highest BCUT2D eigenvalue weighted by Crippen LogP contribution is 2.22. The zero-order valence-corrected chi connectivity index (χ0v) is 13.5. The van der Waals surface area contributed by atoms with E-state index in [-0.39, 0.29) is 12.4 Å².